The van der Waals surface area contributed by atoms with Crippen molar-refractivity contribution < 1.29 is 17.2 Å². The van der Waals surface area contributed by atoms with E-state index in [1.807, 2.05) is 0 Å². The van der Waals surface area contributed by atoms with Crippen LogP contribution in [-0.2, 0) is 9.84 Å². The molecule has 0 spiro atoms. The standard InChI is InChI=1S/C12H18F2O2SSi/c1-18(2,3)12(13,14)9-10-17(15,16)11-7-5-4-6-8-11/h4-8H,9-10H2,1-3H3. The monoisotopic (exact) mass is 292 g/mol. The molecule has 102 valence electrons. The molecule has 1 aromatic carbocycles. The minimum atomic E-state index is -3.61. The topological polar surface area (TPSA) is 34.1 Å². The summed E-state index contributed by atoms with van der Waals surface area (Å²) in [7, 11) is -6.29. The summed E-state index contributed by atoms with van der Waals surface area (Å²) in [6.07, 6.45) is -0.597. The Balaban J connectivity index is 2.82. The Kier molecular flexibility index (Phi) is 4.33. The van der Waals surface area contributed by atoms with E-state index in [1.54, 1.807) is 37.8 Å². The summed E-state index contributed by atoms with van der Waals surface area (Å²) in [6.45, 7) is 4.63. The Morgan fingerprint density at radius 1 is 1.11 bits per heavy atom. The van der Waals surface area contributed by atoms with Gasteiger partial charge in [-0.25, -0.2) is 17.2 Å². The van der Waals surface area contributed by atoms with Gasteiger partial charge in [0.1, 0.15) is 8.07 Å². The summed E-state index contributed by atoms with van der Waals surface area (Å²) in [5.74, 6) is -0.506. The zero-order valence-corrected chi connectivity index (χ0v) is 12.6. The number of halogens is 2. The van der Waals surface area contributed by atoms with Crippen LogP contribution in [-0.4, -0.2) is 27.8 Å². The molecule has 0 unspecified atom stereocenters. The highest BCUT2D eigenvalue weighted by Crippen LogP contribution is 2.31. The van der Waals surface area contributed by atoms with E-state index in [0.717, 1.165) is 0 Å². The van der Waals surface area contributed by atoms with Gasteiger partial charge in [-0.05, 0) is 12.1 Å². The Labute approximate surface area is 108 Å². The Morgan fingerprint density at radius 3 is 2.06 bits per heavy atom. The molecule has 1 aromatic rings. The molecule has 0 aromatic heterocycles. The Hall–Kier alpha value is -0.753. The number of alkyl halides is 2. The lowest BCUT2D eigenvalue weighted by molar-refractivity contribution is 0.0780. The lowest BCUT2D eigenvalue weighted by Crippen LogP contribution is -2.46. The molecule has 0 aliphatic rings. The van der Waals surface area contributed by atoms with Gasteiger partial charge in [0, 0.05) is 6.42 Å². The summed E-state index contributed by atoms with van der Waals surface area (Å²) < 4.78 is 51.3. The van der Waals surface area contributed by atoms with Gasteiger partial charge in [0.25, 0.3) is 0 Å². The van der Waals surface area contributed by atoms with Crippen molar-refractivity contribution in [2.45, 2.75) is 36.5 Å². The van der Waals surface area contributed by atoms with Crippen molar-refractivity contribution in [3.63, 3.8) is 0 Å². The molecule has 0 radical (unpaired) electrons. The number of hydrogen-bond acceptors (Lipinski definition) is 2. The predicted molar refractivity (Wildman–Crippen MR) is 71.4 cm³/mol. The summed E-state index contributed by atoms with van der Waals surface area (Å²) in [6, 6.07) is 7.73. The van der Waals surface area contributed by atoms with E-state index in [1.165, 1.54) is 12.1 Å². The first-order valence-electron chi connectivity index (χ1n) is 5.72. The molecular weight excluding hydrogens is 274 g/mol. The minimum Gasteiger partial charge on any atom is -0.224 e. The van der Waals surface area contributed by atoms with Crippen LogP contribution < -0.4 is 0 Å². The molecule has 1 rings (SSSR count). The van der Waals surface area contributed by atoms with Crippen molar-refractivity contribution >= 4 is 17.9 Å². The summed E-state index contributed by atoms with van der Waals surface area (Å²) in [4.78, 5) is 0.108. The maximum Gasteiger partial charge on any atom is 0.230 e. The third kappa shape index (κ3) is 3.62. The first-order valence-corrected chi connectivity index (χ1v) is 10.9. The van der Waals surface area contributed by atoms with Gasteiger partial charge in [-0.15, -0.1) is 0 Å². The first kappa shape index (κ1) is 15.3. The van der Waals surface area contributed by atoms with Crippen molar-refractivity contribution in [2.75, 3.05) is 5.75 Å². The highest BCUT2D eigenvalue weighted by atomic mass is 32.2. The summed E-state index contributed by atoms with van der Waals surface area (Å²) in [5, 5.41) is 0. The van der Waals surface area contributed by atoms with E-state index in [4.69, 9.17) is 0 Å². The van der Waals surface area contributed by atoms with Crippen LogP contribution in [0.15, 0.2) is 35.2 Å². The Bertz CT molecular complexity index is 493. The Morgan fingerprint density at radius 2 is 1.61 bits per heavy atom. The fourth-order valence-electron chi connectivity index (χ4n) is 1.38. The van der Waals surface area contributed by atoms with Gasteiger partial charge in [0.2, 0.25) is 5.55 Å². The highest BCUT2D eigenvalue weighted by molar-refractivity contribution is 7.91. The molecule has 0 aliphatic carbocycles. The SMILES string of the molecule is C[Si](C)(C)C(F)(F)CCS(=O)(=O)c1ccccc1. The molecule has 18 heavy (non-hydrogen) atoms. The molecular formula is C12H18F2O2SSi. The molecule has 0 atom stereocenters. The van der Waals surface area contributed by atoms with E-state index < -0.39 is 35.6 Å². The molecule has 0 fully saturated rings. The van der Waals surface area contributed by atoms with Crippen molar-refractivity contribution in [3.05, 3.63) is 30.3 Å². The zero-order chi connectivity index (χ0) is 14.0. The second-order valence-corrected chi connectivity index (χ2v) is 12.7. The lowest BCUT2D eigenvalue weighted by Gasteiger charge is -2.28. The van der Waals surface area contributed by atoms with Gasteiger partial charge in [-0.2, -0.15) is 0 Å². The third-order valence-corrected chi connectivity index (χ3v) is 7.06. The smallest absolute Gasteiger partial charge is 0.224 e. The van der Waals surface area contributed by atoms with Crippen LogP contribution in [0.25, 0.3) is 0 Å². The van der Waals surface area contributed by atoms with Crippen molar-refractivity contribution in [1.82, 2.24) is 0 Å². The van der Waals surface area contributed by atoms with Gasteiger partial charge in [0.15, 0.2) is 9.84 Å². The quantitative estimate of drug-likeness (QED) is 0.780. The third-order valence-electron chi connectivity index (χ3n) is 2.88. The van der Waals surface area contributed by atoms with Crippen LogP contribution >= 0.6 is 0 Å². The number of benzene rings is 1. The summed E-state index contributed by atoms with van der Waals surface area (Å²) in [5.41, 5.74) is -2.87. The van der Waals surface area contributed by atoms with Crippen molar-refractivity contribution in [1.29, 1.82) is 0 Å². The van der Waals surface area contributed by atoms with Crippen molar-refractivity contribution in [3.8, 4) is 0 Å². The van der Waals surface area contributed by atoms with Crippen LogP contribution in [0.4, 0.5) is 8.78 Å². The molecule has 0 heterocycles. The zero-order valence-electron chi connectivity index (χ0n) is 10.8. The number of sulfone groups is 1. The molecule has 6 heteroatoms. The lowest BCUT2D eigenvalue weighted by atomic mass is 10.4. The normalized spacial score (nSPS) is 13.6. The largest absolute Gasteiger partial charge is 0.230 e. The van der Waals surface area contributed by atoms with E-state index in [2.05, 4.69) is 0 Å². The fourth-order valence-corrected chi connectivity index (χ4v) is 3.77. The molecule has 0 amide bonds. The van der Waals surface area contributed by atoms with Gasteiger partial charge >= 0.3 is 0 Å². The van der Waals surface area contributed by atoms with Crippen LogP contribution in [0, 0.1) is 0 Å². The average molecular weight is 292 g/mol. The van der Waals surface area contributed by atoms with E-state index >= 15 is 0 Å². The first-order chi connectivity index (χ1) is 8.06. The average Bonchev–Trinajstić information content (AvgIpc) is 2.26. The van der Waals surface area contributed by atoms with Crippen molar-refractivity contribution in [2.24, 2.45) is 0 Å². The molecule has 0 bridgehead atoms. The predicted octanol–water partition coefficient (Wildman–Crippen LogP) is 3.36. The second-order valence-electron chi connectivity index (χ2n) is 5.34. The van der Waals surface area contributed by atoms with Crippen LogP contribution in [0.2, 0.25) is 19.6 Å². The fraction of sp³-hybridized carbons (Fsp3) is 0.500. The molecule has 0 saturated heterocycles. The van der Waals surface area contributed by atoms with E-state index in [9.17, 15) is 17.2 Å². The van der Waals surface area contributed by atoms with Gasteiger partial charge in [-0.1, -0.05) is 37.8 Å². The summed E-state index contributed by atoms with van der Waals surface area (Å²) >= 11 is 0. The molecule has 2 nitrogen and oxygen atoms in total. The van der Waals surface area contributed by atoms with Gasteiger partial charge in [0.05, 0.1) is 10.6 Å². The maximum atomic E-state index is 13.8. The van der Waals surface area contributed by atoms with Gasteiger partial charge in [-0.3, -0.25) is 0 Å². The second kappa shape index (κ2) is 5.09. The number of hydrogen-bond donors (Lipinski definition) is 0. The van der Waals surface area contributed by atoms with Crippen LogP contribution in [0.1, 0.15) is 6.42 Å². The minimum absolute atomic E-state index is 0.108. The molecule has 0 N–H and O–H groups in total. The van der Waals surface area contributed by atoms with Crippen LogP contribution in [0.3, 0.4) is 0 Å². The van der Waals surface area contributed by atoms with E-state index in [-0.39, 0.29) is 4.90 Å². The number of rotatable bonds is 5. The van der Waals surface area contributed by atoms with E-state index in [0.29, 0.717) is 0 Å². The highest BCUT2D eigenvalue weighted by Gasteiger charge is 2.45. The molecule has 0 aliphatic heterocycles. The maximum absolute atomic E-state index is 13.8. The van der Waals surface area contributed by atoms with Gasteiger partial charge < -0.3 is 0 Å². The molecule has 0 saturated carbocycles. The van der Waals surface area contributed by atoms with Crippen LogP contribution in [0.5, 0.6) is 0 Å².